The van der Waals surface area contributed by atoms with Gasteiger partial charge in [0.2, 0.25) is 0 Å². The Bertz CT molecular complexity index is 1210. The normalized spacial score (nSPS) is 11.1. The summed E-state index contributed by atoms with van der Waals surface area (Å²) in [6.07, 6.45) is 2.60. The molecular weight excluding hydrogens is 380 g/mol. The number of methoxy groups -OCH3 is 2. The summed E-state index contributed by atoms with van der Waals surface area (Å²) in [4.78, 5) is 17.1. The molecule has 0 saturated heterocycles. The lowest BCUT2D eigenvalue weighted by Gasteiger charge is -2.11. The molecule has 4 rings (SSSR count). The van der Waals surface area contributed by atoms with Crippen LogP contribution >= 0.6 is 0 Å². The molecule has 0 amide bonds. The SMILES string of the molecule is COc1ccc(Cn2c(-c3cncc(F)c3)nc3c(C)nc(OC)nc32)c(F)c1. The van der Waals surface area contributed by atoms with Crippen LogP contribution in [0, 0.1) is 18.6 Å². The van der Waals surface area contributed by atoms with Gasteiger partial charge in [0.25, 0.3) is 0 Å². The molecule has 0 unspecified atom stereocenters. The van der Waals surface area contributed by atoms with Crippen LogP contribution in [0.5, 0.6) is 11.8 Å². The number of halogens is 2. The number of nitrogens with zero attached hydrogens (tertiary/aromatic N) is 5. The van der Waals surface area contributed by atoms with Crippen molar-refractivity contribution < 1.29 is 18.3 Å². The van der Waals surface area contributed by atoms with Gasteiger partial charge < -0.3 is 14.0 Å². The molecule has 3 heterocycles. The number of imidazole rings is 1. The van der Waals surface area contributed by atoms with E-state index in [-0.39, 0.29) is 12.6 Å². The van der Waals surface area contributed by atoms with E-state index in [1.807, 2.05) is 0 Å². The van der Waals surface area contributed by atoms with E-state index >= 15 is 0 Å². The summed E-state index contributed by atoms with van der Waals surface area (Å²) in [5, 5.41) is 0. The largest absolute Gasteiger partial charge is 0.497 e. The zero-order valence-corrected chi connectivity index (χ0v) is 16.0. The average Bonchev–Trinajstić information content (AvgIpc) is 3.08. The Hall–Kier alpha value is -3.62. The summed E-state index contributed by atoms with van der Waals surface area (Å²) in [6, 6.07) is 6.07. The second-order valence-corrected chi connectivity index (χ2v) is 6.34. The zero-order valence-electron chi connectivity index (χ0n) is 16.0. The van der Waals surface area contributed by atoms with Gasteiger partial charge in [0.1, 0.15) is 28.7 Å². The average molecular weight is 397 g/mol. The monoisotopic (exact) mass is 397 g/mol. The van der Waals surface area contributed by atoms with Crippen LogP contribution in [0.3, 0.4) is 0 Å². The van der Waals surface area contributed by atoms with Gasteiger partial charge in [0.15, 0.2) is 5.65 Å². The highest BCUT2D eigenvalue weighted by Crippen LogP contribution is 2.28. The molecule has 0 aliphatic rings. The Labute approximate surface area is 165 Å². The lowest BCUT2D eigenvalue weighted by molar-refractivity contribution is 0.380. The molecule has 0 bridgehead atoms. The highest BCUT2D eigenvalue weighted by atomic mass is 19.1. The van der Waals surface area contributed by atoms with E-state index in [2.05, 4.69) is 19.9 Å². The molecular formula is C20H17F2N5O2. The number of ether oxygens (including phenoxy) is 2. The molecule has 0 saturated carbocycles. The van der Waals surface area contributed by atoms with Crippen LogP contribution in [0.25, 0.3) is 22.6 Å². The third kappa shape index (κ3) is 3.46. The quantitative estimate of drug-likeness (QED) is 0.513. The predicted molar refractivity (Wildman–Crippen MR) is 102 cm³/mol. The molecule has 0 fully saturated rings. The van der Waals surface area contributed by atoms with Gasteiger partial charge in [-0.3, -0.25) is 4.98 Å². The summed E-state index contributed by atoms with van der Waals surface area (Å²) in [5.41, 5.74) is 2.38. The van der Waals surface area contributed by atoms with Crippen molar-refractivity contribution in [2.45, 2.75) is 13.5 Å². The second-order valence-electron chi connectivity index (χ2n) is 6.34. The maximum absolute atomic E-state index is 14.6. The van der Waals surface area contributed by atoms with Crippen LogP contribution in [0.2, 0.25) is 0 Å². The molecule has 0 spiro atoms. The molecule has 0 radical (unpaired) electrons. The van der Waals surface area contributed by atoms with E-state index in [4.69, 9.17) is 9.47 Å². The fraction of sp³-hybridized carbons (Fsp3) is 0.200. The molecule has 29 heavy (non-hydrogen) atoms. The number of fused-ring (bicyclic) bond motifs is 1. The fourth-order valence-electron chi connectivity index (χ4n) is 3.06. The maximum Gasteiger partial charge on any atom is 0.318 e. The molecule has 7 nitrogen and oxygen atoms in total. The lowest BCUT2D eigenvalue weighted by Crippen LogP contribution is -2.06. The number of aromatic nitrogens is 5. The van der Waals surface area contributed by atoms with Crippen LogP contribution in [0.4, 0.5) is 8.78 Å². The molecule has 4 aromatic rings. The minimum atomic E-state index is -0.503. The summed E-state index contributed by atoms with van der Waals surface area (Å²) in [7, 11) is 2.93. The first kappa shape index (κ1) is 18.7. The first-order valence-corrected chi connectivity index (χ1v) is 8.72. The van der Waals surface area contributed by atoms with Crippen molar-refractivity contribution in [3.63, 3.8) is 0 Å². The van der Waals surface area contributed by atoms with Gasteiger partial charge in [0.05, 0.1) is 32.7 Å². The molecule has 0 N–H and O–H groups in total. The van der Waals surface area contributed by atoms with Crippen molar-refractivity contribution in [3.8, 4) is 23.1 Å². The highest BCUT2D eigenvalue weighted by Gasteiger charge is 2.20. The molecule has 9 heteroatoms. The predicted octanol–water partition coefficient (Wildman–Crippen LogP) is 3.54. The zero-order chi connectivity index (χ0) is 20.5. The van der Waals surface area contributed by atoms with E-state index < -0.39 is 11.6 Å². The molecule has 1 aromatic carbocycles. The van der Waals surface area contributed by atoms with Gasteiger partial charge in [0, 0.05) is 23.4 Å². The first-order chi connectivity index (χ1) is 14.0. The number of rotatable bonds is 5. The van der Waals surface area contributed by atoms with Gasteiger partial charge >= 0.3 is 6.01 Å². The maximum atomic E-state index is 14.6. The summed E-state index contributed by atoms with van der Waals surface area (Å²) in [5.74, 6) is -0.131. The van der Waals surface area contributed by atoms with Gasteiger partial charge in [-0.2, -0.15) is 9.97 Å². The number of hydrogen-bond donors (Lipinski definition) is 0. The van der Waals surface area contributed by atoms with Crippen LogP contribution in [0.15, 0.2) is 36.7 Å². The van der Waals surface area contributed by atoms with Crippen molar-refractivity contribution >= 4 is 11.2 Å². The second kappa shape index (κ2) is 7.42. The lowest BCUT2D eigenvalue weighted by atomic mass is 10.2. The van der Waals surface area contributed by atoms with E-state index in [0.717, 1.165) is 6.20 Å². The van der Waals surface area contributed by atoms with Gasteiger partial charge in [-0.1, -0.05) is 6.07 Å². The molecule has 0 aliphatic heterocycles. The Kier molecular flexibility index (Phi) is 4.79. The summed E-state index contributed by atoms with van der Waals surface area (Å²) < 4.78 is 40.3. The van der Waals surface area contributed by atoms with E-state index in [0.29, 0.717) is 39.6 Å². The summed E-state index contributed by atoms with van der Waals surface area (Å²) in [6.45, 7) is 1.88. The van der Waals surface area contributed by atoms with E-state index in [1.54, 1.807) is 23.6 Å². The first-order valence-electron chi connectivity index (χ1n) is 8.72. The summed E-state index contributed by atoms with van der Waals surface area (Å²) >= 11 is 0. The van der Waals surface area contributed by atoms with Crippen molar-refractivity contribution in [3.05, 3.63) is 59.6 Å². The van der Waals surface area contributed by atoms with E-state index in [1.165, 1.54) is 32.5 Å². The molecule has 0 aliphatic carbocycles. The van der Waals surface area contributed by atoms with Gasteiger partial charge in [-0.05, 0) is 19.1 Å². The van der Waals surface area contributed by atoms with Crippen molar-refractivity contribution in [2.75, 3.05) is 14.2 Å². The Balaban J connectivity index is 1.94. The van der Waals surface area contributed by atoms with Crippen LogP contribution in [0.1, 0.15) is 11.3 Å². The van der Waals surface area contributed by atoms with Crippen LogP contribution < -0.4 is 9.47 Å². The third-order valence-electron chi connectivity index (χ3n) is 4.48. The molecule has 3 aromatic heterocycles. The Morgan fingerprint density at radius 2 is 1.83 bits per heavy atom. The topological polar surface area (TPSA) is 75.0 Å². The van der Waals surface area contributed by atoms with Crippen molar-refractivity contribution in [1.29, 1.82) is 0 Å². The smallest absolute Gasteiger partial charge is 0.318 e. The fourth-order valence-corrected chi connectivity index (χ4v) is 3.06. The number of hydrogen-bond acceptors (Lipinski definition) is 6. The molecule has 0 atom stereocenters. The van der Waals surface area contributed by atoms with Gasteiger partial charge in [-0.15, -0.1) is 0 Å². The number of benzene rings is 1. The highest BCUT2D eigenvalue weighted by molar-refractivity contribution is 5.79. The number of aryl methyl sites for hydroxylation is 1. The van der Waals surface area contributed by atoms with E-state index in [9.17, 15) is 8.78 Å². The third-order valence-corrected chi connectivity index (χ3v) is 4.48. The number of pyridine rings is 1. The molecule has 148 valence electrons. The van der Waals surface area contributed by atoms with Crippen molar-refractivity contribution in [2.24, 2.45) is 0 Å². The van der Waals surface area contributed by atoms with Gasteiger partial charge in [-0.25, -0.2) is 13.8 Å². The standard InChI is InChI=1S/C20H17F2N5O2/c1-11-17-19(26-20(24-11)29-3)27(10-12-4-5-15(28-2)7-16(12)22)18(25-17)13-6-14(21)9-23-8-13/h4-9H,10H2,1-3H3. The van der Waals surface area contributed by atoms with Crippen molar-refractivity contribution in [1.82, 2.24) is 24.5 Å². The minimum absolute atomic E-state index is 0.109. The minimum Gasteiger partial charge on any atom is -0.497 e. The Morgan fingerprint density at radius 1 is 1.00 bits per heavy atom. The Morgan fingerprint density at radius 3 is 2.52 bits per heavy atom. The van der Waals surface area contributed by atoms with Crippen LogP contribution in [-0.2, 0) is 6.54 Å². The van der Waals surface area contributed by atoms with Crippen LogP contribution in [-0.4, -0.2) is 38.7 Å².